The maximum absolute atomic E-state index is 6.65. The second-order valence-electron chi connectivity index (χ2n) is 13.3. The van der Waals surface area contributed by atoms with Gasteiger partial charge in [-0.1, -0.05) is 0 Å². The lowest BCUT2D eigenvalue weighted by Crippen LogP contribution is -2.94. The van der Waals surface area contributed by atoms with Crippen LogP contribution >= 0.6 is 0 Å². The molecule has 0 fully saturated rings. The first-order valence-electron chi connectivity index (χ1n) is 15.7. The molecule has 48 heteroatoms. The van der Waals surface area contributed by atoms with Gasteiger partial charge >= 0.3 is 0 Å². The zero-order valence-electron chi connectivity index (χ0n) is 27.7. The molecule has 48 heavy (non-hydrogen) atoms. The average Bonchev–Trinajstić information content (AvgIpc) is 2.86. The molecule has 0 saturated heterocycles. The van der Waals surface area contributed by atoms with Crippen LogP contribution in [-0.4, -0.2) is 340 Å². The molecule has 0 N–H and O–H groups in total. The molecule has 0 atom stereocenters. The molecule has 0 rings (SSSR count). The predicted octanol–water partition coefficient (Wildman–Crippen LogP) is -18.3. The number of hydrogen-bond acceptors (Lipinski definition) is 0. The highest BCUT2D eigenvalue weighted by Crippen LogP contribution is 2.21. The Balaban J connectivity index is 9.31. The molecule has 0 heterocycles. The fourth-order valence-corrected chi connectivity index (χ4v) is 7.95. The van der Waals surface area contributed by atoms with E-state index in [0.717, 1.165) is 0 Å². The van der Waals surface area contributed by atoms with E-state index in [1.54, 1.807) is 0 Å². The van der Waals surface area contributed by atoms with Gasteiger partial charge in [-0.15, -0.1) is 0 Å². The van der Waals surface area contributed by atoms with Crippen LogP contribution in [0, 0.1) is 0 Å². The second kappa shape index (κ2) is 23.2. The van der Waals surface area contributed by atoms with Gasteiger partial charge in [0, 0.05) is 0 Å². The van der Waals surface area contributed by atoms with E-state index in [0.29, 0.717) is 0 Å². The van der Waals surface area contributed by atoms with E-state index in [9.17, 15) is 0 Å². The minimum absolute atomic E-state index is 1.18. The first-order chi connectivity index (χ1) is 21.8. The van der Waals surface area contributed by atoms with Crippen molar-refractivity contribution in [1.82, 2.24) is 0 Å². The van der Waals surface area contributed by atoms with Crippen molar-refractivity contribution in [3.8, 4) is 0 Å². The molecular weight excluding hydrogens is 519 g/mol. The molecule has 0 aromatic rings. The van der Waals surface area contributed by atoms with Crippen molar-refractivity contribution in [2.45, 2.75) is 0 Å². The molecule has 0 saturated carbocycles. The second-order valence-corrected chi connectivity index (χ2v) is 13.3. The number of hydrogen-bond donors (Lipinski definition) is 0. The summed E-state index contributed by atoms with van der Waals surface area (Å²) in [5, 5.41) is 0. The summed E-state index contributed by atoms with van der Waals surface area (Å²) in [7, 11) is 160. The monoisotopic (exact) mass is 528 g/mol. The highest BCUT2D eigenvalue weighted by molar-refractivity contribution is 8.35. The zero-order valence-corrected chi connectivity index (χ0v) is 27.7. The van der Waals surface area contributed by atoms with Crippen molar-refractivity contribution in [3.63, 3.8) is 0 Å². The summed E-state index contributed by atoms with van der Waals surface area (Å²) >= 11 is 0. The van der Waals surface area contributed by atoms with Crippen molar-refractivity contribution in [3.05, 3.63) is 0 Å². The molecule has 0 aliphatic heterocycles. The quantitative estimate of drug-likeness (QED) is 0.125. The lowest BCUT2D eigenvalue weighted by atomic mass is 8.25. The molecule has 0 aliphatic carbocycles. The lowest BCUT2D eigenvalue weighted by molar-refractivity contribution is 3.19. The Hall–Kier alpha value is 3.12. The fraction of sp³-hybridized carbons (Fsp3) is 0. The highest BCUT2D eigenvalue weighted by atomic mass is 13.4. The predicted molar refractivity (Wildman–Crippen MR) is 276 cm³/mol. The average molecular weight is 519 g/mol. The van der Waals surface area contributed by atoms with Gasteiger partial charge in [-0.3, -0.25) is 0 Å². The Bertz CT molecular complexity index is 695. The Morgan fingerprint density at radius 3 is 0.438 bits per heavy atom. The third-order valence-corrected chi connectivity index (χ3v) is 9.78. The van der Waals surface area contributed by atoms with E-state index in [-0.39, 0.29) is 0 Å². The third-order valence-electron chi connectivity index (χ3n) is 9.78. The van der Waals surface area contributed by atoms with Crippen molar-refractivity contribution in [2.24, 2.45) is 0 Å². The SMILES string of the molecule is [B]B([B])B(B([B])[B])B(B(B([B])[B])B([B])[B])B(B(B(B([B])[B])B([B])[B])B(B([B])[B])B([B])[B])B(B(B([B])[B])B([B])[B])B(B([B])[B])B([B])B([B])[B-]. The van der Waals surface area contributed by atoms with Gasteiger partial charge in [-0.05, 0) is 326 Å². The largest absolute Gasteiger partial charge is 0.687 e. The van der Waals surface area contributed by atoms with Crippen molar-refractivity contribution >= 4 is 340 Å². The van der Waals surface area contributed by atoms with Crippen molar-refractivity contribution in [2.75, 3.05) is 0 Å². The van der Waals surface area contributed by atoms with E-state index in [1.165, 1.54) is 0 Å². The normalized spacial score (nSPS) is 9.69. The van der Waals surface area contributed by atoms with Gasteiger partial charge < -0.3 is 7.74 Å². The Morgan fingerprint density at radius 1 is 0.188 bits per heavy atom. The van der Waals surface area contributed by atoms with E-state index < -0.39 is 147 Å². The Labute approximate surface area is 337 Å². The van der Waals surface area contributed by atoms with Gasteiger partial charge in [0.05, 0.1) is 0 Å². The zero-order chi connectivity index (χ0) is 38.3. The molecule has 0 unspecified atom stereocenters. The summed E-state index contributed by atoms with van der Waals surface area (Å²) < 4.78 is 0. The van der Waals surface area contributed by atoms with E-state index in [4.69, 9.17) is 193 Å². The van der Waals surface area contributed by atoms with Crippen LogP contribution < -0.4 is 0 Å². The van der Waals surface area contributed by atoms with Crippen LogP contribution in [0.5, 0.6) is 0 Å². The first-order valence-corrected chi connectivity index (χ1v) is 15.7. The smallest absolute Gasteiger partial charge is 0.0000000000000000739 e. The van der Waals surface area contributed by atoms with E-state index >= 15 is 0 Å². The Morgan fingerprint density at radius 2 is 0.312 bits per heavy atom. The van der Waals surface area contributed by atoms with Crippen LogP contribution in [0.1, 0.15) is 0 Å². The summed E-state index contributed by atoms with van der Waals surface area (Å²) in [5.74, 6) is 0. The van der Waals surface area contributed by atoms with Crippen LogP contribution in [-0.2, 0) is 0 Å². The van der Waals surface area contributed by atoms with Crippen molar-refractivity contribution < 1.29 is 0 Å². The summed E-state index contributed by atoms with van der Waals surface area (Å²) in [6.45, 7) is 0. The van der Waals surface area contributed by atoms with Gasteiger partial charge in [0.1, 0.15) is 0 Å². The van der Waals surface area contributed by atoms with Crippen LogP contribution in [0.15, 0.2) is 0 Å². The van der Waals surface area contributed by atoms with Crippen LogP contribution in [0.3, 0.4) is 0 Å². The summed E-state index contributed by atoms with van der Waals surface area (Å²) in [4.78, 5) is 0. The topological polar surface area (TPSA) is 0 Å². The van der Waals surface area contributed by atoms with Crippen LogP contribution in [0.2, 0.25) is 0 Å². The first kappa shape index (κ1) is 51.1. The standard InChI is InChI=1S/B48/c1-26(2)38(25)44(37(23)24)47(43(35(19)20)36(21)22)48(45(39(27(3)4)28(5)6)40(29(7)8)30(9)10)46(41(31(11)12)32(13)14)42(33(15)16)34(17)18/q-1. The molecule has 0 aliphatic rings. The van der Waals surface area contributed by atoms with E-state index in [1.807, 2.05) is 0 Å². The maximum Gasteiger partial charge on any atom is -0.0000000000000000739 e. The van der Waals surface area contributed by atoms with Crippen LogP contribution in [0.4, 0.5) is 0 Å². The molecule has 145 valence electrons. The van der Waals surface area contributed by atoms with Gasteiger partial charge in [0.25, 0.3) is 0 Å². The van der Waals surface area contributed by atoms with Gasteiger partial charge in [-0.2, -0.15) is 0 Å². The van der Waals surface area contributed by atoms with Crippen molar-refractivity contribution in [1.29, 1.82) is 0 Å². The lowest BCUT2D eigenvalue weighted by Gasteiger charge is -2.57. The molecular formula is B48-. The number of rotatable bonds is 22. The summed E-state index contributed by atoms with van der Waals surface area (Å²) in [6.07, 6.45) is -29.1. The molecule has 51 radical (unpaired) electrons. The molecule has 0 amide bonds. The van der Waals surface area contributed by atoms with Gasteiger partial charge in [0.2, 0.25) is 0 Å². The summed E-state index contributed by atoms with van der Waals surface area (Å²) in [5.41, 5.74) is 0. The van der Waals surface area contributed by atoms with Crippen LogP contribution in [0.25, 0.3) is 0 Å². The third kappa shape index (κ3) is 13.7. The maximum atomic E-state index is 6.65. The highest BCUT2D eigenvalue weighted by Gasteiger charge is 2.59. The van der Waals surface area contributed by atoms with Gasteiger partial charge in [0.15, 0.2) is 0 Å². The Kier molecular flexibility index (Phi) is 24.8. The summed E-state index contributed by atoms with van der Waals surface area (Å²) in [6, 6.07) is 0. The van der Waals surface area contributed by atoms with Gasteiger partial charge in [-0.25, -0.2) is 6.39 Å². The van der Waals surface area contributed by atoms with E-state index in [2.05, 4.69) is 0 Å². The minimum atomic E-state index is -1.34. The molecule has 0 aromatic carbocycles. The minimum Gasteiger partial charge on any atom is -0.687 e. The fourth-order valence-electron chi connectivity index (χ4n) is 7.95. The molecule has 0 bridgehead atoms. The molecule has 0 spiro atoms. The molecule has 0 aromatic heterocycles. The molecule has 0 nitrogen and oxygen atoms in total.